The number of methoxy groups -OCH3 is 1. The van der Waals surface area contributed by atoms with Gasteiger partial charge in [0.25, 0.3) is 5.91 Å². The number of nitrogens with zero attached hydrogens (tertiary/aromatic N) is 1. The van der Waals surface area contributed by atoms with Gasteiger partial charge in [-0.15, -0.1) is 0 Å². The van der Waals surface area contributed by atoms with E-state index in [-0.39, 0.29) is 18.3 Å². The maximum Gasteiger partial charge on any atom is 0.265 e. The van der Waals surface area contributed by atoms with E-state index in [0.717, 1.165) is 29.7 Å². The Morgan fingerprint density at radius 1 is 1.21 bits per heavy atom. The second-order valence-electron chi connectivity index (χ2n) is 5.80. The van der Waals surface area contributed by atoms with E-state index in [1.54, 1.807) is 12.0 Å². The lowest BCUT2D eigenvalue weighted by atomic mass is 9.96. The number of rotatable bonds is 4. The van der Waals surface area contributed by atoms with Gasteiger partial charge in [-0.05, 0) is 61.2 Å². The van der Waals surface area contributed by atoms with Crippen LogP contribution in [-0.4, -0.2) is 26.2 Å². The summed E-state index contributed by atoms with van der Waals surface area (Å²) in [5, 5.41) is 0. The molecule has 0 fully saturated rings. The van der Waals surface area contributed by atoms with Gasteiger partial charge in [-0.3, -0.25) is 4.79 Å². The minimum atomic E-state index is -0.334. The topological polar surface area (TPSA) is 38.8 Å². The first kappa shape index (κ1) is 16.3. The molecule has 126 valence electrons. The Labute approximate surface area is 140 Å². The Balaban J connectivity index is 1.79. The molecule has 5 heteroatoms. The molecule has 2 aromatic rings. The summed E-state index contributed by atoms with van der Waals surface area (Å²) in [6, 6.07) is 9.54. The predicted octanol–water partition coefficient (Wildman–Crippen LogP) is 3.50. The second-order valence-corrected chi connectivity index (χ2v) is 5.80. The van der Waals surface area contributed by atoms with Crippen LogP contribution in [0.2, 0.25) is 0 Å². The van der Waals surface area contributed by atoms with Gasteiger partial charge >= 0.3 is 0 Å². The zero-order valence-electron chi connectivity index (χ0n) is 13.8. The lowest BCUT2D eigenvalue weighted by Gasteiger charge is -2.32. The number of carbonyl (C=O) groups is 1. The zero-order valence-corrected chi connectivity index (χ0v) is 13.8. The largest absolute Gasteiger partial charge is 0.495 e. The Bertz CT molecular complexity index is 743. The molecule has 0 saturated heterocycles. The van der Waals surface area contributed by atoms with Crippen molar-refractivity contribution in [3.8, 4) is 11.5 Å². The lowest BCUT2D eigenvalue weighted by molar-refractivity contribution is -0.120. The molecular weight excluding hydrogens is 309 g/mol. The molecule has 4 nitrogen and oxygen atoms in total. The molecule has 0 saturated carbocycles. The van der Waals surface area contributed by atoms with Crippen LogP contribution >= 0.6 is 0 Å². The molecule has 0 spiro atoms. The fraction of sp³-hybridized carbons (Fsp3) is 0.316. The number of benzene rings is 2. The van der Waals surface area contributed by atoms with E-state index in [2.05, 4.69) is 0 Å². The van der Waals surface area contributed by atoms with Crippen LogP contribution in [0.4, 0.5) is 10.1 Å². The fourth-order valence-electron chi connectivity index (χ4n) is 3.02. The normalized spacial score (nSPS) is 13.4. The number of fused-ring (bicyclic) bond motifs is 1. The molecule has 3 rings (SSSR count). The molecule has 0 bridgehead atoms. The third kappa shape index (κ3) is 3.20. The number of halogens is 1. The third-order valence-electron chi connectivity index (χ3n) is 4.26. The predicted molar refractivity (Wildman–Crippen MR) is 90.3 cm³/mol. The summed E-state index contributed by atoms with van der Waals surface area (Å²) in [5.41, 5.74) is 3.15. The molecule has 0 radical (unpaired) electrons. The van der Waals surface area contributed by atoms with Crippen LogP contribution < -0.4 is 14.4 Å². The van der Waals surface area contributed by atoms with Gasteiger partial charge in [-0.25, -0.2) is 4.39 Å². The van der Waals surface area contributed by atoms with Gasteiger partial charge in [0.2, 0.25) is 0 Å². The number of hydrogen-bond acceptors (Lipinski definition) is 3. The monoisotopic (exact) mass is 329 g/mol. The van der Waals surface area contributed by atoms with E-state index in [9.17, 15) is 9.18 Å². The highest BCUT2D eigenvalue weighted by Gasteiger charge is 2.27. The van der Waals surface area contributed by atoms with Crippen LogP contribution in [0.5, 0.6) is 11.5 Å². The number of anilines is 1. The van der Waals surface area contributed by atoms with Crippen molar-refractivity contribution >= 4 is 11.6 Å². The van der Waals surface area contributed by atoms with Crippen molar-refractivity contribution in [2.24, 2.45) is 0 Å². The van der Waals surface area contributed by atoms with Gasteiger partial charge in [-0.1, -0.05) is 6.07 Å². The van der Waals surface area contributed by atoms with Crippen LogP contribution in [0, 0.1) is 12.7 Å². The molecule has 0 aromatic heterocycles. The van der Waals surface area contributed by atoms with Gasteiger partial charge in [0.05, 0.1) is 12.8 Å². The molecule has 1 aliphatic rings. The van der Waals surface area contributed by atoms with E-state index >= 15 is 0 Å². The average Bonchev–Trinajstić information content (AvgIpc) is 2.61. The summed E-state index contributed by atoms with van der Waals surface area (Å²) in [5.74, 6) is 0.701. The summed E-state index contributed by atoms with van der Waals surface area (Å²) in [7, 11) is 1.61. The molecule has 1 heterocycles. The van der Waals surface area contributed by atoms with Crippen molar-refractivity contribution in [3.05, 3.63) is 53.3 Å². The Hall–Kier alpha value is -2.56. The summed E-state index contributed by atoms with van der Waals surface area (Å²) in [6.07, 6.45) is 1.84. The SMILES string of the molecule is COc1ccc(C)c2c1N(C(=O)COc1ccc(F)cc1)CCC2. The van der Waals surface area contributed by atoms with Crippen LogP contribution in [0.15, 0.2) is 36.4 Å². The quantitative estimate of drug-likeness (QED) is 0.862. The van der Waals surface area contributed by atoms with Crippen molar-refractivity contribution in [1.29, 1.82) is 0 Å². The second kappa shape index (κ2) is 6.91. The van der Waals surface area contributed by atoms with Crippen molar-refractivity contribution < 1.29 is 18.7 Å². The van der Waals surface area contributed by atoms with E-state index < -0.39 is 0 Å². The molecule has 0 aliphatic carbocycles. The maximum absolute atomic E-state index is 12.9. The molecule has 24 heavy (non-hydrogen) atoms. The highest BCUT2D eigenvalue weighted by atomic mass is 19.1. The average molecular weight is 329 g/mol. The van der Waals surface area contributed by atoms with Crippen molar-refractivity contribution in [1.82, 2.24) is 0 Å². The van der Waals surface area contributed by atoms with Crippen LogP contribution in [-0.2, 0) is 11.2 Å². The first-order valence-electron chi connectivity index (χ1n) is 7.95. The highest BCUT2D eigenvalue weighted by Crippen LogP contribution is 2.38. The maximum atomic E-state index is 12.9. The van der Waals surface area contributed by atoms with E-state index in [4.69, 9.17) is 9.47 Å². The molecule has 0 unspecified atom stereocenters. The summed E-state index contributed by atoms with van der Waals surface area (Å²) in [6.45, 7) is 2.59. The Morgan fingerprint density at radius 3 is 2.67 bits per heavy atom. The Kier molecular flexibility index (Phi) is 4.69. The van der Waals surface area contributed by atoms with E-state index in [1.165, 1.54) is 24.3 Å². The third-order valence-corrected chi connectivity index (χ3v) is 4.26. The van der Waals surface area contributed by atoms with E-state index in [1.807, 2.05) is 19.1 Å². The molecular formula is C19H20FNO3. The number of aryl methyl sites for hydroxylation is 1. The Morgan fingerprint density at radius 2 is 1.96 bits per heavy atom. The molecule has 1 aliphatic heterocycles. The van der Waals surface area contributed by atoms with Crippen molar-refractivity contribution in [2.45, 2.75) is 19.8 Å². The number of ether oxygens (including phenoxy) is 2. The number of amides is 1. The molecule has 0 atom stereocenters. The summed E-state index contributed by atoms with van der Waals surface area (Å²) in [4.78, 5) is 14.4. The number of hydrogen-bond donors (Lipinski definition) is 0. The van der Waals surface area contributed by atoms with Crippen molar-refractivity contribution in [3.63, 3.8) is 0 Å². The van der Waals surface area contributed by atoms with Gasteiger partial charge < -0.3 is 14.4 Å². The zero-order chi connectivity index (χ0) is 17.1. The van der Waals surface area contributed by atoms with Crippen LogP contribution in [0.1, 0.15) is 17.5 Å². The molecule has 2 aromatic carbocycles. The van der Waals surface area contributed by atoms with Gasteiger partial charge in [0, 0.05) is 6.54 Å². The van der Waals surface area contributed by atoms with Gasteiger partial charge in [0.1, 0.15) is 17.3 Å². The van der Waals surface area contributed by atoms with Crippen LogP contribution in [0.25, 0.3) is 0 Å². The minimum absolute atomic E-state index is 0.0951. The highest BCUT2D eigenvalue weighted by molar-refractivity contribution is 5.97. The first-order valence-corrected chi connectivity index (χ1v) is 7.95. The van der Waals surface area contributed by atoms with Gasteiger partial charge in [-0.2, -0.15) is 0 Å². The fourth-order valence-corrected chi connectivity index (χ4v) is 3.02. The van der Waals surface area contributed by atoms with E-state index in [0.29, 0.717) is 18.0 Å². The standard InChI is InChI=1S/C19H20FNO3/c1-13-5-10-17(23-2)19-16(13)4-3-11-21(19)18(22)12-24-15-8-6-14(20)7-9-15/h5-10H,3-4,11-12H2,1-2H3. The van der Waals surface area contributed by atoms with Crippen molar-refractivity contribution in [2.75, 3.05) is 25.2 Å². The van der Waals surface area contributed by atoms with Gasteiger partial charge in [0.15, 0.2) is 6.61 Å². The molecule has 0 N–H and O–H groups in total. The summed E-state index contributed by atoms with van der Waals surface area (Å²) >= 11 is 0. The van der Waals surface area contributed by atoms with Crippen LogP contribution in [0.3, 0.4) is 0 Å². The number of carbonyl (C=O) groups excluding carboxylic acids is 1. The molecule has 1 amide bonds. The minimum Gasteiger partial charge on any atom is -0.495 e. The first-order chi connectivity index (χ1) is 11.6. The summed E-state index contributed by atoms with van der Waals surface area (Å²) < 4.78 is 23.9. The lowest BCUT2D eigenvalue weighted by Crippen LogP contribution is -2.39. The smallest absolute Gasteiger partial charge is 0.265 e.